The van der Waals surface area contributed by atoms with Crippen molar-refractivity contribution in [3.8, 4) is 0 Å². The lowest BCUT2D eigenvalue weighted by Crippen LogP contribution is -2.11. The maximum atomic E-state index is 13.2. The van der Waals surface area contributed by atoms with E-state index in [-0.39, 0.29) is 17.9 Å². The number of thiophene rings is 1. The summed E-state index contributed by atoms with van der Waals surface area (Å²) in [6.07, 6.45) is 0.651. The van der Waals surface area contributed by atoms with E-state index in [1.165, 1.54) is 18.2 Å². The van der Waals surface area contributed by atoms with Crippen molar-refractivity contribution >= 4 is 23.0 Å². The summed E-state index contributed by atoms with van der Waals surface area (Å²) in [4.78, 5) is 12.8. The van der Waals surface area contributed by atoms with E-state index in [1.807, 2.05) is 17.5 Å². The summed E-state index contributed by atoms with van der Waals surface area (Å²) in [7, 11) is 0. The van der Waals surface area contributed by atoms with Crippen molar-refractivity contribution in [3.05, 3.63) is 52.0 Å². The van der Waals surface area contributed by atoms with Crippen molar-refractivity contribution in [1.29, 1.82) is 0 Å². The molecule has 1 heterocycles. The lowest BCUT2D eigenvalue weighted by atomic mass is 10.2. The summed E-state index contributed by atoms with van der Waals surface area (Å²) in [6, 6.07) is 7.99. The minimum atomic E-state index is -0.609. The largest absolute Gasteiger partial charge is 0.462 e. The molecule has 0 aliphatic heterocycles. The van der Waals surface area contributed by atoms with E-state index in [4.69, 9.17) is 10.5 Å². The molecule has 2 aromatic rings. The highest BCUT2D eigenvalue weighted by Gasteiger charge is 2.13. The molecule has 2 N–H and O–H groups in total. The number of hydrogen-bond acceptors (Lipinski definition) is 4. The molecule has 3 nitrogen and oxygen atoms in total. The second kappa shape index (κ2) is 5.64. The fraction of sp³-hybridized carbons (Fsp3) is 0.154. The number of rotatable bonds is 4. The van der Waals surface area contributed by atoms with Gasteiger partial charge in [-0.25, -0.2) is 9.18 Å². The van der Waals surface area contributed by atoms with Crippen molar-refractivity contribution < 1.29 is 13.9 Å². The summed E-state index contributed by atoms with van der Waals surface area (Å²) in [6.45, 7) is 0.259. The summed E-state index contributed by atoms with van der Waals surface area (Å²) in [5.41, 5.74) is 5.38. The Labute approximate surface area is 108 Å². The maximum absolute atomic E-state index is 13.2. The zero-order valence-electron chi connectivity index (χ0n) is 9.56. The Morgan fingerprint density at radius 1 is 1.33 bits per heavy atom. The van der Waals surface area contributed by atoms with Crippen LogP contribution in [0.5, 0.6) is 0 Å². The van der Waals surface area contributed by atoms with E-state index in [9.17, 15) is 9.18 Å². The molecule has 0 spiro atoms. The molecule has 0 unspecified atom stereocenters. The zero-order valence-corrected chi connectivity index (χ0v) is 10.4. The molecular weight excluding hydrogens is 253 g/mol. The lowest BCUT2D eigenvalue weighted by molar-refractivity contribution is 0.0511. The fourth-order valence-electron chi connectivity index (χ4n) is 1.49. The first-order chi connectivity index (χ1) is 8.68. The molecule has 5 heteroatoms. The number of nitrogen functional groups attached to an aromatic ring is 1. The number of ether oxygens (including phenoxy) is 1. The van der Waals surface area contributed by atoms with Gasteiger partial charge in [0.15, 0.2) is 0 Å². The van der Waals surface area contributed by atoms with Crippen LogP contribution >= 0.6 is 11.3 Å². The minimum absolute atomic E-state index is 0.0705. The highest BCUT2D eigenvalue weighted by Crippen LogP contribution is 2.17. The number of para-hydroxylation sites is 1. The van der Waals surface area contributed by atoms with Crippen LogP contribution in [0.25, 0.3) is 0 Å². The number of nitrogens with two attached hydrogens (primary N) is 1. The van der Waals surface area contributed by atoms with Gasteiger partial charge in [-0.2, -0.15) is 0 Å². The molecule has 18 heavy (non-hydrogen) atoms. The molecule has 1 aromatic carbocycles. The average molecular weight is 265 g/mol. The van der Waals surface area contributed by atoms with Gasteiger partial charge in [0, 0.05) is 11.3 Å². The highest BCUT2D eigenvalue weighted by atomic mass is 32.1. The van der Waals surface area contributed by atoms with Gasteiger partial charge in [-0.1, -0.05) is 12.1 Å². The molecule has 0 aliphatic carbocycles. The summed E-state index contributed by atoms with van der Waals surface area (Å²) >= 11 is 1.60. The number of anilines is 1. The number of carbonyl (C=O) groups excluding carboxylic acids is 1. The van der Waals surface area contributed by atoms with Crippen LogP contribution in [0.3, 0.4) is 0 Å². The van der Waals surface area contributed by atoms with Crippen LogP contribution in [0.2, 0.25) is 0 Å². The first kappa shape index (κ1) is 12.6. The number of hydrogen-bond donors (Lipinski definition) is 1. The molecule has 0 bridgehead atoms. The van der Waals surface area contributed by atoms with E-state index in [0.29, 0.717) is 6.42 Å². The smallest absolute Gasteiger partial charge is 0.340 e. The van der Waals surface area contributed by atoms with E-state index in [1.54, 1.807) is 11.3 Å². The minimum Gasteiger partial charge on any atom is -0.462 e. The van der Waals surface area contributed by atoms with Gasteiger partial charge in [-0.3, -0.25) is 0 Å². The van der Waals surface area contributed by atoms with Crippen LogP contribution in [0.15, 0.2) is 35.7 Å². The summed E-state index contributed by atoms with van der Waals surface area (Å²) < 4.78 is 18.2. The van der Waals surface area contributed by atoms with E-state index in [2.05, 4.69) is 0 Å². The zero-order chi connectivity index (χ0) is 13.0. The molecule has 1 aromatic heterocycles. The number of esters is 1. The standard InChI is InChI=1S/C13H12FNO2S/c14-11-5-1-4-10(12(11)15)13(16)17-7-6-9-3-2-8-18-9/h1-5,8H,6-7,15H2. The predicted molar refractivity (Wildman–Crippen MR) is 69.1 cm³/mol. The van der Waals surface area contributed by atoms with Crippen LogP contribution < -0.4 is 5.73 Å². The Kier molecular flexibility index (Phi) is 3.94. The number of halogens is 1. The summed E-state index contributed by atoms with van der Waals surface area (Å²) in [5.74, 6) is -1.20. The topological polar surface area (TPSA) is 52.3 Å². The van der Waals surface area contributed by atoms with Gasteiger partial charge in [0.25, 0.3) is 0 Å². The van der Waals surface area contributed by atoms with E-state index < -0.39 is 11.8 Å². The molecule has 0 saturated carbocycles. The molecule has 0 amide bonds. The van der Waals surface area contributed by atoms with Crippen molar-refractivity contribution in [3.63, 3.8) is 0 Å². The van der Waals surface area contributed by atoms with Crippen LogP contribution in [0.4, 0.5) is 10.1 Å². The second-order valence-electron chi connectivity index (χ2n) is 3.67. The predicted octanol–water partition coefficient (Wildman–Crippen LogP) is 2.87. The third-order valence-electron chi connectivity index (χ3n) is 2.43. The Hall–Kier alpha value is -1.88. The van der Waals surface area contributed by atoms with Crippen molar-refractivity contribution in [2.45, 2.75) is 6.42 Å². The lowest BCUT2D eigenvalue weighted by Gasteiger charge is -2.06. The molecule has 94 valence electrons. The Morgan fingerprint density at radius 2 is 2.17 bits per heavy atom. The van der Waals surface area contributed by atoms with Crippen molar-refractivity contribution in [2.75, 3.05) is 12.3 Å². The third-order valence-corrected chi connectivity index (χ3v) is 3.37. The van der Waals surface area contributed by atoms with Gasteiger partial charge in [0.2, 0.25) is 0 Å². The van der Waals surface area contributed by atoms with Crippen LogP contribution in [-0.2, 0) is 11.2 Å². The van der Waals surface area contributed by atoms with Crippen LogP contribution in [0, 0.1) is 5.82 Å². The number of carbonyl (C=O) groups is 1. The van der Waals surface area contributed by atoms with Gasteiger partial charge < -0.3 is 10.5 Å². The molecule has 0 atom stereocenters. The molecule has 0 saturated heterocycles. The summed E-state index contributed by atoms with van der Waals surface area (Å²) in [5, 5.41) is 1.96. The maximum Gasteiger partial charge on any atom is 0.340 e. The monoisotopic (exact) mass is 265 g/mol. The molecule has 0 aliphatic rings. The van der Waals surface area contributed by atoms with Crippen molar-refractivity contribution in [2.24, 2.45) is 0 Å². The highest BCUT2D eigenvalue weighted by molar-refractivity contribution is 7.09. The van der Waals surface area contributed by atoms with Gasteiger partial charge in [-0.15, -0.1) is 11.3 Å². The molecule has 2 rings (SSSR count). The van der Waals surface area contributed by atoms with E-state index in [0.717, 1.165) is 4.88 Å². The average Bonchev–Trinajstić information content (AvgIpc) is 2.85. The first-order valence-electron chi connectivity index (χ1n) is 5.42. The fourth-order valence-corrected chi connectivity index (χ4v) is 2.18. The Morgan fingerprint density at radius 3 is 2.89 bits per heavy atom. The van der Waals surface area contributed by atoms with Gasteiger partial charge in [0.05, 0.1) is 17.9 Å². The SMILES string of the molecule is Nc1c(F)cccc1C(=O)OCCc1cccs1. The Balaban J connectivity index is 1.93. The van der Waals surface area contributed by atoms with Gasteiger partial charge in [0.1, 0.15) is 5.82 Å². The second-order valence-corrected chi connectivity index (χ2v) is 4.70. The molecular formula is C13H12FNO2S. The van der Waals surface area contributed by atoms with Crippen LogP contribution in [0.1, 0.15) is 15.2 Å². The van der Waals surface area contributed by atoms with E-state index >= 15 is 0 Å². The normalized spacial score (nSPS) is 10.3. The third kappa shape index (κ3) is 2.87. The van der Waals surface area contributed by atoms with Crippen LogP contribution in [-0.4, -0.2) is 12.6 Å². The molecule has 0 radical (unpaired) electrons. The van der Waals surface area contributed by atoms with Gasteiger partial charge >= 0.3 is 5.97 Å². The number of benzene rings is 1. The van der Waals surface area contributed by atoms with Crippen molar-refractivity contribution in [1.82, 2.24) is 0 Å². The molecule has 0 fully saturated rings. The first-order valence-corrected chi connectivity index (χ1v) is 6.30. The Bertz CT molecular complexity index is 540. The van der Waals surface area contributed by atoms with Gasteiger partial charge in [-0.05, 0) is 23.6 Å². The quantitative estimate of drug-likeness (QED) is 0.683.